The van der Waals surface area contributed by atoms with Crippen molar-refractivity contribution >= 4 is 6.08 Å². The van der Waals surface area contributed by atoms with Crippen LogP contribution in [0.3, 0.4) is 0 Å². The molecule has 3 heteroatoms. The second-order valence-electron chi connectivity index (χ2n) is 6.50. The average Bonchev–Trinajstić information content (AvgIpc) is 2.42. The van der Waals surface area contributed by atoms with E-state index in [1.807, 2.05) is 13.8 Å². The SMILES string of the molecule is CC(C)=CCCC(C)(O)C=Cc1c(C)c(O)c(C)c(C)c1O. The van der Waals surface area contributed by atoms with Gasteiger partial charge in [0.15, 0.2) is 0 Å². The maximum absolute atomic E-state index is 10.4. The minimum absolute atomic E-state index is 0.157. The Balaban J connectivity index is 3.06. The number of rotatable bonds is 5. The molecule has 0 radical (unpaired) electrons. The van der Waals surface area contributed by atoms with Crippen molar-refractivity contribution in [2.75, 3.05) is 0 Å². The van der Waals surface area contributed by atoms with Gasteiger partial charge in [0.05, 0.1) is 5.60 Å². The van der Waals surface area contributed by atoms with Crippen LogP contribution in [0, 0.1) is 20.8 Å². The Bertz CT molecular complexity index is 575. The molecular weight excluding hydrogens is 276 g/mol. The van der Waals surface area contributed by atoms with Crippen LogP contribution in [0.25, 0.3) is 6.08 Å². The molecule has 3 nitrogen and oxygen atoms in total. The fourth-order valence-electron chi connectivity index (χ4n) is 2.35. The molecule has 0 aromatic heterocycles. The molecule has 0 aliphatic rings. The highest BCUT2D eigenvalue weighted by Crippen LogP contribution is 2.37. The van der Waals surface area contributed by atoms with Crippen molar-refractivity contribution in [2.45, 2.75) is 60.0 Å². The van der Waals surface area contributed by atoms with Crippen LogP contribution >= 0.6 is 0 Å². The van der Waals surface area contributed by atoms with Crippen LogP contribution in [-0.4, -0.2) is 20.9 Å². The minimum atomic E-state index is -0.959. The summed E-state index contributed by atoms with van der Waals surface area (Å²) < 4.78 is 0. The summed E-state index contributed by atoms with van der Waals surface area (Å²) in [5, 5.41) is 30.8. The Morgan fingerprint density at radius 3 is 2.09 bits per heavy atom. The topological polar surface area (TPSA) is 60.7 Å². The van der Waals surface area contributed by atoms with Gasteiger partial charge in [0, 0.05) is 11.1 Å². The van der Waals surface area contributed by atoms with Gasteiger partial charge in [-0.2, -0.15) is 0 Å². The van der Waals surface area contributed by atoms with Gasteiger partial charge in [-0.15, -0.1) is 0 Å². The normalized spacial score (nSPS) is 14.1. The van der Waals surface area contributed by atoms with Crippen LogP contribution in [-0.2, 0) is 0 Å². The van der Waals surface area contributed by atoms with Crippen LogP contribution in [0.5, 0.6) is 11.5 Å². The lowest BCUT2D eigenvalue weighted by molar-refractivity contribution is 0.104. The molecule has 0 saturated heterocycles. The van der Waals surface area contributed by atoms with Gasteiger partial charge < -0.3 is 15.3 Å². The molecule has 3 N–H and O–H groups in total. The number of phenolic OH excluding ortho intramolecular Hbond substituents is 2. The number of aromatic hydroxyl groups is 2. The first-order valence-corrected chi connectivity index (χ1v) is 7.63. The average molecular weight is 304 g/mol. The molecule has 1 unspecified atom stereocenters. The maximum atomic E-state index is 10.4. The van der Waals surface area contributed by atoms with Crippen LogP contribution < -0.4 is 0 Å². The van der Waals surface area contributed by atoms with Gasteiger partial charge in [0.25, 0.3) is 0 Å². The zero-order valence-electron chi connectivity index (χ0n) is 14.5. The summed E-state index contributed by atoms with van der Waals surface area (Å²) in [5.41, 5.74) is 2.79. The standard InChI is InChI=1S/C19H28O3/c1-12(2)8-7-10-19(6,22)11-9-16-15(5)17(20)13(3)14(4)18(16)21/h8-9,11,20-22H,7,10H2,1-6H3. The number of aliphatic hydroxyl groups is 1. The summed E-state index contributed by atoms with van der Waals surface area (Å²) in [6.07, 6.45) is 6.86. The van der Waals surface area contributed by atoms with E-state index in [1.54, 1.807) is 39.8 Å². The number of phenols is 2. The lowest BCUT2D eigenvalue weighted by Gasteiger charge is -2.19. The molecule has 1 rings (SSSR count). The predicted molar refractivity (Wildman–Crippen MR) is 92.3 cm³/mol. The Morgan fingerprint density at radius 2 is 1.55 bits per heavy atom. The molecule has 0 heterocycles. The quantitative estimate of drug-likeness (QED) is 0.553. The summed E-state index contributed by atoms with van der Waals surface area (Å²) in [4.78, 5) is 0. The van der Waals surface area contributed by atoms with Crippen molar-refractivity contribution in [3.63, 3.8) is 0 Å². The zero-order chi connectivity index (χ0) is 17.1. The zero-order valence-corrected chi connectivity index (χ0v) is 14.5. The lowest BCUT2D eigenvalue weighted by atomic mass is 9.94. The molecule has 0 aliphatic carbocycles. The van der Waals surface area contributed by atoms with Crippen LogP contribution in [0.1, 0.15) is 55.9 Å². The fourth-order valence-corrected chi connectivity index (χ4v) is 2.35. The van der Waals surface area contributed by atoms with E-state index in [0.717, 1.165) is 6.42 Å². The van der Waals surface area contributed by atoms with Crippen molar-refractivity contribution in [2.24, 2.45) is 0 Å². The Hall–Kier alpha value is -1.74. The molecule has 0 saturated carbocycles. The highest BCUT2D eigenvalue weighted by molar-refractivity contribution is 5.69. The molecule has 0 bridgehead atoms. The summed E-state index contributed by atoms with van der Waals surface area (Å²) in [5.74, 6) is 0.350. The third kappa shape index (κ3) is 4.38. The molecule has 0 amide bonds. The van der Waals surface area contributed by atoms with Gasteiger partial charge in [0.1, 0.15) is 11.5 Å². The smallest absolute Gasteiger partial charge is 0.126 e. The third-order valence-corrected chi connectivity index (χ3v) is 4.10. The summed E-state index contributed by atoms with van der Waals surface area (Å²) in [6.45, 7) is 11.1. The Labute approximate surface area is 133 Å². The molecular formula is C19H28O3. The molecule has 1 atom stereocenters. The largest absolute Gasteiger partial charge is 0.507 e. The summed E-state index contributed by atoms with van der Waals surface area (Å²) >= 11 is 0. The fraction of sp³-hybridized carbons (Fsp3) is 0.474. The first-order valence-electron chi connectivity index (χ1n) is 7.63. The van der Waals surface area contributed by atoms with E-state index >= 15 is 0 Å². The lowest BCUT2D eigenvalue weighted by Crippen LogP contribution is -2.19. The van der Waals surface area contributed by atoms with E-state index in [9.17, 15) is 15.3 Å². The highest BCUT2D eigenvalue weighted by atomic mass is 16.3. The number of benzene rings is 1. The van der Waals surface area contributed by atoms with Crippen LogP contribution in [0.2, 0.25) is 0 Å². The predicted octanol–water partition coefficient (Wildman–Crippen LogP) is 4.53. The van der Waals surface area contributed by atoms with Crippen molar-refractivity contribution in [3.05, 3.63) is 40.0 Å². The first-order chi connectivity index (χ1) is 10.1. The van der Waals surface area contributed by atoms with E-state index in [2.05, 4.69) is 6.08 Å². The third-order valence-electron chi connectivity index (χ3n) is 4.10. The Kier molecular flexibility index (Phi) is 5.84. The van der Waals surface area contributed by atoms with Gasteiger partial charge in [-0.1, -0.05) is 23.8 Å². The van der Waals surface area contributed by atoms with E-state index in [1.165, 1.54) is 5.57 Å². The van der Waals surface area contributed by atoms with Gasteiger partial charge in [-0.25, -0.2) is 0 Å². The second-order valence-corrected chi connectivity index (χ2v) is 6.50. The van der Waals surface area contributed by atoms with Crippen molar-refractivity contribution < 1.29 is 15.3 Å². The maximum Gasteiger partial charge on any atom is 0.126 e. The Morgan fingerprint density at radius 1 is 1.00 bits per heavy atom. The molecule has 0 fully saturated rings. The molecule has 0 spiro atoms. The number of hydrogen-bond donors (Lipinski definition) is 3. The summed E-state index contributed by atoms with van der Waals surface area (Å²) in [6, 6.07) is 0. The monoisotopic (exact) mass is 304 g/mol. The van der Waals surface area contributed by atoms with Crippen LogP contribution in [0.4, 0.5) is 0 Å². The van der Waals surface area contributed by atoms with E-state index in [0.29, 0.717) is 28.7 Å². The second kappa shape index (κ2) is 7.01. The van der Waals surface area contributed by atoms with Gasteiger partial charge in [0.2, 0.25) is 0 Å². The van der Waals surface area contributed by atoms with Crippen molar-refractivity contribution in [1.82, 2.24) is 0 Å². The van der Waals surface area contributed by atoms with E-state index < -0.39 is 5.60 Å². The molecule has 22 heavy (non-hydrogen) atoms. The number of hydrogen-bond acceptors (Lipinski definition) is 3. The van der Waals surface area contributed by atoms with Crippen molar-refractivity contribution in [1.29, 1.82) is 0 Å². The molecule has 1 aromatic carbocycles. The van der Waals surface area contributed by atoms with Gasteiger partial charge >= 0.3 is 0 Å². The molecule has 122 valence electrons. The van der Waals surface area contributed by atoms with E-state index in [-0.39, 0.29) is 11.5 Å². The van der Waals surface area contributed by atoms with Crippen LogP contribution in [0.15, 0.2) is 17.7 Å². The van der Waals surface area contributed by atoms with E-state index in [4.69, 9.17) is 0 Å². The molecule has 1 aromatic rings. The molecule has 0 aliphatic heterocycles. The summed E-state index contributed by atoms with van der Waals surface area (Å²) in [7, 11) is 0. The minimum Gasteiger partial charge on any atom is -0.507 e. The number of allylic oxidation sites excluding steroid dienone is 2. The van der Waals surface area contributed by atoms with Crippen molar-refractivity contribution in [3.8, 4) is 11.5 Å². The highest BCUT2D eigenvalue weighted by Gasteiger charge is 2.18. The van der Waals surface area contributed by atoms with Gasteiger partial charge in [-0.05, 0) is 65.5 Å². The van der Waals surface area contributed by atoms with Gasteiger partial charge in [-0.3, -0.25) is 0 Å². The first kappa shape index (κ1) is 18.3.